The molecule has 1 aromatic carbocycles. The molecule has 7 nitrogen and oxygen atoms in total. The fourth-order valence-corrected chi connectivity index (χ4v) is 4.36. The molecule has 1 fully saturated rings. The minimum Gasteiger partial charge on any atom is -0.400 e. The first-order valence-electron chi connectivity index (χ1n) is 11.8. The van der Waals surface area contributed by atoms with Crippen LogP contribution in [0.1, 0.15) is 65.1 Å². The lowest BCUT2D eigenvalue weighted by molar-refractivity contribution is -0.139. The summed E-state index contributed by atoms with van der Waals surface area (Å²) in [5.41, 5.74) is 9.51. The predicted molar refractivity (Wildman–Crippen MR) is 143 cm³/mol. The number of hydrogen-bond donors (Lipinski definition) is 3. The van der Waals surface area contributed by atoms with Gasteiger partial charge in [0, 0.05) is 26.6 Å². The fraction of sp³-hybridized carbons (Fsp3) is 0.577. The van der Waals surface area contributed by atoms with E-state index < -0.39 is 0 Å². The van der Waals surface area contributed by atoms with Crippen LogP contribution in [0.4, 0.5) is 0 Å². The van der Waals surface area contributed by atoms with E-state index in [4.69, 9.17) is 5.11 Å². The maximum Gasteiger partial charge on any atom is 0.243 e. The number of nitrogens with two attached hydrogens (primary N) is 1. The largest absolute Gasteiger partial charge is 0.400 e. The van der Waals surface area contributed by atoms with Gasteiger partial charge in [-0.15, -0.1) is 11.3 Å². The van der Waals surface area contributed by atoms with Gasteiger partial charge >= 0.3 is 0 Å². The summed E-state index contributed by atoms with van der Waals surface area (Å²) < 4.78 is 0. The van der Waals surface area contributed by atoms with Gasteiger partial charge in [-0.05, 0) is 43.4 Å². The Morgan fingerprint density at radius 2 is 1.76 bits per heavy atom. The summed E-state index contributed by atoms with van der Waals surface area (Å²) in [4.78, 5) is 32.5. The molecule has 34 heavy (non-hydrogen) atoms. The highest BCUT2D eigenvalue weighted by Crippen LogP contribution is 2.27. The minimum atomic E-state index is -0.339. The van der Waals surface area contributed by atoms with Crippen LogP contribution in [0.5, 0.6) is 0 Å². The second-order valence-electron chi connectivity index (χ2n) is 8.66. The zero-order chi connectivity index (χ0) is 26.3. The molecule has 0 radical (unpaired) electrons. The van der Waals surface area contributed by atoms with Crippen LogP contribution in [0.25, 0.3) is 10.4 Å². The average Bonchev–Trinajstić information content (AvgIpc) is 3.50. The lowest BCUT2D eigenvalue weighted by Crippen LogP contribution is -2.46. The Bertz CT molecular complexity index is 844. The number of aliphatic hydroxyl groups excluding tert-OH is 1. The third-order valence-electron chi connectivity index (χ3n) is 4.99. The highest BCUT2D eigenvalue weighted by atomic mass is 32.1. The number of nitrogens with zero attached hydrogens (tertiary/aromatic N) is 2. The Balaban J connectivity index is 0.00000168. The van der Waals surface area contributed by atoms with E-state index in [-0.39, 0.29) is 23.3 Å². The number of aryl methyl sites for hydroxylation is 1. The topological polar surface area (TPSA) is 109 Å². The second-order valence-corrected chi connectivity index (χ2v) is 9.52. The number of likely N-dealkylation sites (tertiary alicyclic amines) is 1. The van der Waals surface area contributed by atoms with E-state index >= 15 is 0 Å². The summed E-state index contributed by atoms with van der Waals surface area (Å²) in [7, 11) is 2.50. The Morgan fingerprint density at radius 1 is 1.18 bits per heavy atom. The van der Waals surface area contributed by atoms with Crippen LogP contribution in [0.15, 0.2) is 29.8 Å². The number of aromatic nitrogens is 1. The molecule has 1 saturated heterocycles. The van der Waals surface area contributed by atoms with Gasteiger partial charge in [0.25, 0.3) is 0 Å². The average molecular weight is 493 g/mol. The molecule has 2 amide bonds. The molecule has 192 valence electrons. The summed E-state index contributed by atoms with van der Waals surface area (Å²) in [6, 6.07) is 7.86. The van der Waals surface area contributed by atoms with Gasteiger partial charge in [0.2, 0.25) is 11.8 Å². The van der Waals surface area contributed by atoms with Gasteiger partial charge in [-0.3, -0.25) is 9.59 Å². The third-order valence-corrected chi connectivity index (χ3v) is 5.96. The summed E-state index contributed by atoms with van der Waals surface area (Å²) in [6.07, 6.45) is 2.09. The van der Waals surface area contributed by atoms with E-state index in [1.54, 1.807) is 16.2 Å². The van der Waals surface area contributed by atoms with Crippen molar-refractivity contribution in [3.8, 4) is 10.4 Å². The molecule has 1 atom stereocenters. The van der Waals surface area contributed by atoms with Gasteiger partial charge in [-0.1, -0.05) is 58.9 Å². The SMILES string of the molecule is CC.CN.CO.Cc1ncsc1-c1ccc(CNC(=O)[C@@H]2CCCN2C(=O)CC(C)(C)C)cc1. The molecule has 0 spiro atoms. The quantitative estimate of drug-likeness (QED) is 0.574. The fourth-order valence-electron chi connectivity index (χ4n) is 3.55. The summed E-state index contributed by atoms with van der Waals surface area (Å²) in [5, 5.41) is 10.0. The van der Waals surface area contributed by atoms with Crippen LogP contribution in [-0.4, -0.2) is 53.5 Å². The van der Waals surface area contributed by atoms with Crippen molar-refractivity contribution in [1.82, 2.24) is 15.2 Å². The van der Waals surface area contributed by atoms with Crippen molar-refractivity contribution in [3.05, 3.63) is 41.0 Å². The summed E-state index contributed by atoms with van der Waals surface area (Å²) in [5.74, 6) is 0.0246. The van der Waals surface area contributed by atoms with E-state index in [1.807, 2.05) is 59.2 Å². The van der Waals surface area contributed by atoms with Crippen molar-refractivity contribution in [1.29, 1.82) is 0 Å². The minimum absolute atomic E-state index is 0.0536. The number of carbonyl (C=O) groups is 2. The van der Waals surface area contributed by atoms with Crippen molar-refractivity contribution in [3.63, 3.8) is 0 Å². The third kappa shape index (κ3) is 9.91. The van der Waals surface area contributed by atoms with Crippen LogP contribution in [-0.2, 0) is 16.1 Å². The number of nitrogens with one attached hydrogen (secondary N) is 1. The monoisotopic (exact) mass is 492 g/mol. The number of amides is 2. The van der Waals surface area contributed by atoms with Crippen molar-refractivity contribution >= 4 is 23.2 Å². The normalized spacial score (nSPS) is 14.5. The zero-order valence-electron chi connectivity index (χ0n) is 22.1. The van der Waals surface area contributed by atoms with Gasteiger partial charge in [0.15, 0.2) is 0 Å². The highest BCUT2D eigenvalue weighted by molar-refractivity contribution is 7.13. The van der Waals surface area contributed by atoms with Crippen molar-refractivity contribution in [2.45, 2.75) is 73.4 Å². The van der Waals surface area contributed by atoms with Crippen molar-refractivity contribution in [2.75, 3.05) is 20.7 Å². The van der Waals surface area contributed by atoms with Crippen LogP contribution < -0.4 is 11.1 Å². The molecule has 1 aromatic heterocycles. The number of rotatable bonds is 5. The molecular formula is C26H44N4O3S. The number of carbonyl (C=O) groups excluding carboxylic acids is 2. The Kier molecular flexibility index (Phi) is 15.3. The Hall–Kier alpha value is -2.29. The van der Waals surface area contributed by atoms with E-state index in [1.165, 1.54) is 11.9 Å². The Labute approximate surface area is 209 Å². The first-order chi connectivity index (χ1) is 16.2. The van der Waals surface area contributed by atoms with Gasteiger partial charge in [-0.2, -0.15) is 0 Å². The standard InChI is InChI=1S/C22H29N3O2S.C2H6.CH5N.CH4O/c1-15-20(28-14-24-15)17-9-7-16(8-10-17)13-23-21(27)18-6-5-11-25(18)19(26)12-22(2,3)4;3*1-2/h7-10,14,18H,5-6,11-13H2,1-4H3,(H,23,27);1-2H3;2H2,1H3;2H,1H3/t18-;;;/m0.../s1. The maximum atomic E-state index is 12.7. The molecule has 2 aromatic rings. The van der Waals surface area contributed by atoms with Crippen molar-refractivity contribution < 1.29 is 14.7 Å². The summed E-state index contributed by atoms with van der Waals surface area (Å²) in [6.45, 7) is 13.3. The molecule has 3 rings (SSSR count). The lowest BCUT2D eigenvalue weighted by Gasteiger charge is -2.27. The molecule has 2 heterocycles. The number of thiazole rings is 1. The van der Waals surface area contributed by atoms with Gasteiger partial charge in [0.05, 0.1) is 16.1 Å². The second kappa shape index (κ2) is 16.4. The van der Waals surface area contributed by atoms with Gasteiger partial charge in [-0.25, -0.2) is 4.98 Å². The number of aliphatic hydroxyl groups is 1. The smallest absolute Gasteiger partial charge is 0.243 e. The van der Waals surface area contributed by atoms with E-state index in [9.17, 15) is 9.59 Å². The van der Waals surface area contributed by atoms with E-state index in [0.717, 1.165) is 36.8 Å². The van der Waals surface area contributed by atoms with Gasteiger partial charge < -0.3 is 21.1 Å². The molecule has 0 aliphatic carbocycles. The molecule has 0 saturated carbocycles. The molecule has 1 aliphatic heterocycles. The molecule has 1 aliphatic rings. The molecule has 8 heteroatoms. The number of hydrogen-bond acceptors (Lipinski definition) is 6. The molecular weight excluding hydrogens is 448 g/mol. The van der Waals surface area contributed by atoms with Crippen molar-refractivity contribution in [2.24, 2.45) is 11.1 Å². The lowest BCUT2D eigenvalue weighted by atomic mass is 9.91. The van der Waals surface area contributed by atoms with Crippen LogP contribution in [0.2, 0.25) is 0 Å². The van der Waals surface area contributed by atoms with Crippen LogP contribution in [0, 0.1) is 12.3 Å². The zero-order valence-corrected chi connectivity index (χ0v) is 23.0. The summed E-state index contributed by atoms with van der Waals surface area (Å²) >= 11 is 1.63. The highest BCUT2D eigenvalue weighted by Gasteiger charge is 2.35. The molecule has 4 N–H and O–H groups in total. The maximum absolute atomic E-state index is 12.7. The predicted octanol–water partition coefficient (Wildman–Crippen LogP) is 4.37. The first-order valence-corrected chi connectivity index (χ1v) is 12.7. The van der Waals surface area contributed by atoms with Crippen LogP contribution >= 0.6 is 11.3 Å². The van der Waals surface area contributed by atoms with E-state index in [0.29, 0.717) is 19.5 Å². The van der Waals surface area contributed by atoms with Crippen LogP contribution in [0.3, 0.4) is 0 Å². The van der Waals surface area contributed by atoms with E-state index in [2.05, 4.69) is 28.2 Å². The van der Waals surface area contributed by atoms with Gasteiger partial charge in [0.1, 0.15) is 6.04 Å². The molecule has 0 bridgehead atoms. The Morgan fingerprint density at radius 3 is 2.26 bits per heavy atom. The first kappa shape index (κ1) is 31.7. The number of benzene rings is 1. The molecule has 0 unspecified atom stereocenters.